The van der Waals surface area contributed by atoms with E-state index in [0.29, 0.717) is 41.7 Å². The molecule has 0 aromatic heterocycles. The third-order valence-corrected chi connectivity index (χ3v) is 10.6. The van der Waals surface area contributed by atoms with E-state index < -0.39 is 28.5 Å². The van der Waals surface area contributed by atoms with Gasteiger partial charge in [-0.05, 0) is 60.9 Å². The van der Waals surface area contributed by atoms with E-state index in [1.54, 1.807) is 54.6 Å². The van der Waals surface area contributed by atoms with Gasteiger partial charge in [-0.15, -0.1) is 0 Å². The number of halogens is 2. The molecule has 252 valence electrons. The van der Waals surface area contributed by atoms with Crippen molar-refractivity contribution >= 4 is 50.7 Å². The SMILES string of the molecule is CC[C@@H](C)NC(=O)[C@H](Cc1ccccc1)N(Cc1ccc(Cl)c(Cl)c1)C(=O)CN(c1ccc2c(c1)OCCO2)S(=O)(=O)c1ccccc1. The maximum atomic E-state index is 14.7. The Morgan fingerprint density at radius 3 is 2.17 bits per heavy atom. The molecule has 0 unspecified atom stereocenters. The number of carbonyl (C=O) groups excluding carboxylic acids is 2. The van der Waals surface area contributed by atoms with Gasteiger partial charge < -0.3 is 19.7 Å². The molecule has 0 aliphatic carbocycles. The molecule has 4 aromatic carbocycles. The summed E-state index contributed by atoms with van der Waals surface area (Å²) >= 11 is 12.6. The van der Waals surface area contributed by atoms with Gasteiger partial charge in [0.15, 0.2) is 11.5 Å². The van der Waals surface area contributed by atoms with E-state index in [0.717, 1.165) is 9.87 Å². The molecule has 0 saturated carbocycles. The fraction of sp³-hybridized carbons (Fsp3) is 0.278. The molecular weight excluding hydrogens is 673 g/mol. The number of hydrogen-bond donors (Lipinski definition) is 1. The van der Waals surface area contributed by atoms with Crippen LogP contribution in [0.3, 0.4) is 0 Å². The van der Waals surface area contributed by atoms with Crippen LogP contribution in [-0.2, 0) is 32.6 Å². The van der Waals surface area contributed by atoms with Crippen LogP contribution in [0.15, 0.2) is 102 Å². The number of ether oxygens (including phenoxy) is 2. The summed E-state index contributed by atoms with van der Waals surface area (Å²) in [7, 11) is -4.27. The molecule has 1 aliphatic rings. The van der Waals surface area contributed by atoms with Crippen molar-refractivity contribution < 1.29 is 27.5 Å². The van der Waals surface area contributed by atoms with Gasteiger partial charge in [-0.25, -0.2) is 8.42 Å². The molecule has 4 aromatic rings. The Bertz CT molecular complexity index is 1840. The van der Waals surface area contributed by atoms with Crippen LogP contribution in [-0.4, -0.2) is 57.0 Å². The van der Waals surface area contributed by atoms with E-state index >= 15 is 0 Å². The molecule has 48 heavy (non-hydrogen) atoms. The lowest BCUT2D eigenvalue weighted by atomic mass is 10.0. The van der Waals surface area contributed by atoms with Crippen molar-refractivity contribution in [3.63, 3.8) is 0 Å². The zero-order valence-corrected chi connectivity index (χ0v) is 29.0. The third kappa shape index (κ3) is 8.42. The zero-order chi connectivity index (χ0) is 34.3. The fourth-order valence-electron chi connectivity index (χ4n) is 5.27. The van der Waals surface area contributed by atoms with E-state index in [9.17, 15) is 18.0 Å². The maximum absolute atomic E-state index is 14.7. The summed E-state index contributed by atoms with van der Waals surface area (Å²) < 4.78 is 40.9. The molecule has 5 rings (SSSR count). The Labute approximate surface area is 291 Å². The minimum absolute atomic E-state index is 0.000860. The molecule has 0 bridgehead atoms. The van der Waals surface area contributed by atoms with Crippen LogP contribution >= 0.6 is 23.2 Å². The Kier molecular flexibility index (Phi) is 11.5. The first kappa shape index (κ1) is 35.1. The second-order valence-electron chi connectivity index (χ2n) is 11.4. The molecule has 0 radical (unpaired) electrons. The Morgan fingerprint density at radius 2 is 1.50 bits per heavy atom. The van der Waals surface area contributed by atoms with E-state index in [1.807, 2.05) is 44.2 Å². The van der Waals surface area contributed by atoms with Crippen LogP contribution in [0.25, 0.3) is 0 Å². The van der Waals surface area contributed by atoms with Gasteiger partial charge in [-0.1, -0.05) is 84.7 Å². The minimum atomic E-state index is -4.27. The molecule has 1 aliphatic heterocycles. The van der Waals surface area contributed by atoms with Gasteiger partial charge in [0.2, 0.25) is 11.8 Å². The van der Waals surface area contributed by atoms with Crippen LogP contribution in [0.4, 0.5) is 5.69 Å². The van der Waals surface area contributed by atoms with Gasteiger partial charge in [-0.3, -0.25) is 13.9 Å². The predicted molar refractivity (Wildman–Crippen MR) is 187 cm³/mol. The summed E-state index contributed by atoms with van der Waals surface area (Å²) in [5, 5.41) is 3.65. The summed E-state index contributed by atoms with van der Waals surface area (Å²) in [6.45, 7) is 3.85. The number of nitrogens with zero attached hydrogens (tertiary/aromatic N) is 2. The number of hydrogen-bond acceptors (Lipinski definition) is 6. The topological polar surface area (TPSA) is 105 Å². The highest BCUT2D eigenvalue weighted by molar-refractivity contribution is 7.92. The number of carbonyl (C=O) groups is 2. The summed E-state index contributed by atoms with van der Waals surface area (Å²) in [6.07, 6.45) is 0.864. The van der Waals surface area contributed by atoms with Crippen molar-refractivity contribution in [3.05, 3.63) is 118 Å². The fourth-order valence-corrected chi connectivity index (χ4v) is 7.01. The second kappa shape index (κ2) is 15.8. The smallest absolute Gasteiger partial charge is 0.264 e. The van der Waals surface area contributed by atoms with Crippen LogP contribution in [0, 0.1) is 0 Å². The Balaban J connectivity index is 1.60. The predicted octanol–water partition coefficient (Wildman–Crippen LogP) is 6.51. The normalized spacial score (nSPS) is 13.7. The van der Waals surface area contributed by atoms with Crippen LogP contribution in [0.1, 0.15) is 31.4 Å². The molecule has 1 N–H and O–H groups in total. The lowest BCUT2D eigenvalue weighted by molar-refractivity contribution is -0.140. The first-order valence-electron chi connectivity index (χ1n) is 15.6. The van der Waals surface area contributed by atoms with Gasteiger partial charge in [0, 0.05) is 25.1 Å². The first-order valence-corrected chi connectivity index (χ1v) is 17.8. The lowest BCUT2D eigenvalue weighted by Gasteiger charge is -2.34. The number of fused-ring (bicyclic) bond motifs is 1. The number of nitrogens with one attached hydrogen (secondary N) is 1. The van der Waals surface area contributed by atoms with Gasteiger partial charge in [0.1, 0.15) is 25.8 Å². The van der Waals surface area contributed by atoms with Gasteiger partial charge in [0.25, 0.3) is 10.0 Å². The van der Waals surface area contributed by atoms with Gasteiger partial charge in [0.05, 0.1) is 20.6 Å². The lowest BCUT2D eigenvalue weighted by Crippen LogP contribution is -2.54. The average molecular weight is 711 g/mol. The molecule has 0 saturated heterocycles. The average Bonchev–Trinajstić information content (AvgIpc) is 3.10. The van der Waals surface area contributed by atoms with Crippen molar-refractivity contribution in [2.75, 3.05) is 24.1 Å². The molecule has 2 atom stereocenters. The summed E-state index contributed by atoms with van der Waals surface area (Å²) in [4.78, 5) is 30.1. The molecule has 2 amide bonds. The van der Waals surface area contributed by atoms with Crippen LogP contribution in [0.2, 0.25) is 10.0 Å². The quantitative estimate of drug-likeness (QED) is 0.170. The maximum Gasteiger partial charge on any atom is 0.264 e. The van der Waals surface area contributed by atoms with Gasteiger partial charge in [-0.2, -0.15) is 0 Å². The number of anilines is 1. The van der Waals surface area contributed by atoms with Crippen molar-refractivity contribution in [1.29, 1.82) is 0 Å². The molecular formula is C36H37Cl2N3O6S. The molecule has 9 nitrogen and oxygen atoms in total. The van der Waals surface area contributed by atoms with Crippen LogP contribution < -0.4 is 19.1 Å². The summed E-state index contributed by atoms with van der Waals surface area (Å²) in [5.74, 6) is -0.129. The number of amides is 2. The second-order valence-corrected chi connectivity index (χ2v) is 14.1. The molecule has 12 heteroatoms. The monoisotopic (exact) mass is 709 g/mol. The largest absolute Gasteiger partial charge is 0.486 e. The summed E-state index contributed by atoms with van der Waals surface area (Å²) in [5.41, 5.74) is 1.65. The van der Waals surface area contributed by atoms with Crippen molar-refractivity contribution in [1.82, 2.24) is 10.2 Å². The van der Waals surface area contributed by atoms with Gasteiger partial charge >= 0.3 is 0 Å². The number of sulfonamides is 1. The van der Waals surface area contributed by atoms with Crippen molar-refractivity contribution in [2.24, 2.45) is 0 Å². The highest BCUT2D eigenvalue weighted by atomic mass is 35.5. The number of benzene rings is 4. The Morgan fingerprint density at radius 1 is 0.833 bits per heavy atom. The highest BCUT2D eigenvalue weighted by Gasteiger charge is 2.35. The van der Waals surface area contributed by atoms with E-state index in [1.165, 1.54) is 17.0 Å². The Hall–Kier alpha value is -4.25. The molecule has 1 heterocycles. The standard InChI is InChI=1S/C36H37Cl2N3O6S/c1-3-25(2)39-36(43)32(21-26-10-6-4-7-11-26)40(23-27-14-16-30(37)31(38)20-27)35(42)24-41(48(44,45)29-12-8-5-9-13-29)28-15-17-33-34(22-28)47-19-18-46-33/h4-17,20,22,25,32H,3,18-19,21,23-24H2,1-2H3,(H,39,43)/t25-,32+/m1/s1. The molecule has 0 fully saturated rings. The van der Waals surface area contributed by atoms with E-state index in [-0.39, 0.29) is 40.5 Å². The number of rotatable bonds is 13. The first-order chi connectivity index (χ1) is 23.1. The summed E-state index contributed by atoms with van der Waals surface area (Å²) in [6, 6.07) is 25.8. The van der Waals surface area contributed by atoms with Crippen LogP contribution in [0.5, 0.6) is 11.5 Å². The van der Waals surface area contributed by atoms with E-state index in [4.69, 9.17) is 32.7 Å². The zero-order valence-electron chi connectivity index (χ0n) is 26.6. The van der Waals surface area contributed by atoms with Crippen molar-refractivity contribution in [3.8, 4) is 11.5 Å². The van der Waals surface area contributed by atoms with E-state index in [2.05, 4.69) is 5.32 Å². The van der Waals surface area contributed by atoms with Crippen molar-refractivity contribution in [2.45, 2.75) is 50.2 Å². The molecule has 0 spiro atoms. The third-order valence-electron chi connectivity index (χ3n) is 8.03. The minimum Gasteiger partial charge on any atom is -0.486 e. The highest BCUT2D eigenvalue weighted by Crippen LogP contribution is 2.36.